The van der Waals surface area contributed by atoms with Crippen molar-refractivity contribution in [3.8, 4) is 0 Å². The molecule has 1 atom stereocenters. The number of anilines is 3. The number of aliphatic hydroxyl groups excluding tert-OH is 1. The van der Waals surface area contributed by atoms with Crippen LogP contribution in [0.5, 0.6) is 0 Å². The molecule has 0 fully saturated rings. The van der Waals surface area contributed by atoms with Crippen molar-refractivity contribution in [3.05, 3.63) is 87.1 Å². The Morgan fingerprint density at radius 1 is 1.09 bits per heavy atom. The average molecular weight is 452 g/mol. The molecule has 3 aromatic rings. The van der Waals surface area contributed by atoms with Gasteiger partial charge in [0, 0.05) is 18.8 Å². The third-order valence-corrected chi connectivity index (χ3v) is 5.22. The second-order valence-electron chi connectivity index (χ2n) is 7.77. The minimum absolute atomic E-state index is 0.0666. The summed E-state index contributed by atoms with van der Waals surface area (Å²) in [7, 11) is 0. The van der Waals surface area contributed by atoms with E-state index >= 15 is 0 Å². The van der Waals surface area contributed by atoms with Crippen molar-refractivity contribution < 1.29 is 9.90 Å². The highest BCUT2D eigenvalue weighted by atomic mass is 16.3. The summed E-state index contributed by atoms with van der Waals surface area (Å²) in [6.07, 6.45) is -0.672. The van der Waals surface area contributed by atoms with E-state index in [4.69, 9.17) is 5.73 Å². The second kappa shape index (κ2) is 10.6. The molecule has 0 saturated heterocycles. The normalized spacial score (nSPS) is 11.7. The largest absolute Gasteiger partial charge is 0.392 e. The summed E-state index contributed by atoms with van der Waals surface area (Å²) in [5.74, 6) is -0.464. The number of nitrogens with zero attached hydrogens (tertiary/aromatic N) is 3. The van der Waals surface area contributed by atoms with Crippen LogP contribution in [0.1, 0.15) is 19.4 Å². The lowest BCUT2D eigenvalue weighted by molar-refractivity contribution is -0.117. The number of amides is 1. The van der Waals surface area contributed by atoms with Crippen LogP contribution in [0.15, 0.2) is 70.3 Å². The number of nitrogens with two attached hydrogens (primary N) is 1. The number of carbonyl (C=O) groups excluding carboxylic acids is 1. The minimum Gasteiger partial charge on any atom is -0.392 e. The summed E-state index contributed by atoms with van der Waals surface area (Å²) in [6, 6.07) is 18.4. The van der Waals surface area contributed by atoms with Crippen molar-refractivity contribution in [1.29, 1.82) is 0 Å². The summed E-state index contributed by atoms with van der Waals surface area (Å²) >= 11 is 0. The zero-order valence-electron chi connectivity index (χ0n) is 18.8. The van der Waals surface area contributed by atoms with Gasteiger partial charge in [-0.2, -0.15) is 0 Å². The number of nitrogen functional groups attached to an aromatic ring is 1. The lowest BCUT2D eigenvalue weighted by Crippen LogP contribution is -2.46. The summed E-state index contributed by atoms with van der Waals surface area (Å²) in [5, 5.41) is 9.93. The van der Waals surface area contributed by atoms with E-state index in [-0.39, 0.29) is 43.6 Å². The van der Waals surface area contributed by atoms with E-state index < -0.39 is 17.4 Å². The molecule has 0 saturated carbocycles. The van der Waals surface area contributed by atoms with Gasteiger partial charge in [0.2, 0.25) is 5.91 Å². The lowest BCUT2D eigenvalue weighted by atomic mass is 10.2. The topological polar surface area (TPSA) is 125 Å². The van der Waals surface area contributed by atoms with Crippen LogP contribution in [0.4, 0.5) is 17.2 Å². The van der Waals surface area contributed by atoms with E-state index in [1.54, 1.807) is 18.7 Å². The molecule has 1 amide bonds. The lowest BCUT2D eigenvalue weighted by Gasteiger charge is -2.29. The quantitative estimate of drug-likeness (QED) is 0.452. The summed E-state index contributed by atoms with van der Waals surface area (Å²) in [6.45, 7) is 3.84. The number of carbonyl (C=O) groups is 1. The van der Waals surface area contributed by atoms with E-state index in [0.717, 1.165) is 11.3 Å². The predicted molar refractivity (Wildman–Crippen MR) is 130 cm³/mol. The maximum Gasteiger partial charge on any atom is 0.330 e. The predicted octanol–water partition coefficient (Wildman–Crippen LogP) is 1.41. The number of aliphatic hydroxyl groups is 1. The third-order valence-electron chi connectivity index (χ3n) is 5.22. The molecule has 4 N–H and O–H groups in total. The van der Waals surface area contributed by atoms with Crippen LogP contribution in [0.2, 0.25) is 0 Å². The van der Waals surface area contributed by atoms with E-state index in [1.165, 1.54) is 9.47 Å². The van der Waals surface area contributed by atoms with Gasteiger partial charge in [-0.15, -0.1) is 0 Å². The Labute approximate surface area is 191 Å². The first-order valence-electron chi connectivity index (χ1n) is 10.8. The van der Waals surface area contributed by atoms with Crippen LogP contribution < -0.4 is 26.8 Å². The molecule has 2 aromatic carbocycles. The molecule has 1 unspecified atom stereocenters. The molecular formula is C24H29N5O4. The number of hydrogen-bond acceptors (Lipinski definition) is 6. The molecule has 0 aliphatic heterocycles. The van der Waals surface area contributed by atoms with Crippen LogP contribution in [-0.4, -0.2) is 46.3 Å². The fraction of sp³-hybridized carbons (Fsp3) is 0.292. The number of H-pyrrole nitrogens is 1. The molecule has 0 bridgehead atoms. The summed E-state index contributed by atoms with van der Waals surface area (Å²) in [5.41, 5.74) is 6.42. The van der Waals surface area contributed by atoms with Gasteiger partial charge in [0.25, 0.3) is 5.56 Å². The Kier molecular flexibility index (Phi) is 7.68. The van der Waals surface area contributed by atoms with Gasteiger partial charge < -0.3 is 20.6 Å². The van der Waals surface area contributed by atoms with Gasteiger partial charge in [0.1, 0.15) is 5.82 Å². The maximum atomic E-state index is 13.3. The smallest absolute Gasteiger partial charge is 0.330 e. The number of nitrogens with one attached hydrogen (secondary N) is 1. The first kappa shape index (κ1) is 23.8. The van der Waals surface area contributed by atoms with Gasteiger partial charge in [-0.3, -0.25) is 19.1 Å². The maximum absolute atomic E-state index is 13.3. The van der Waals surface area contributed by atoms with Crippen LogP contribution in [0.25, 0.3) is 0 Å². The molecule has 1 aromatic heterocycles. The fourth-order valence-corrected chi connectivity index (χ4v) is 3.69. The van der Waals surface area contributed by atoms with Crippen molar-refractivity contribution >= 4 is 23.1 Å². The molecule has 0 spiro atoms. The highest BCUT2D eigenvalue weighted by Crippen LogP contribution is 2.20. The van der Waals surface area contributed by atoms with E-state index in [0.29, 0.717) is 0 Å². The first-order valence-corrected chi connectivity index (χ1v) is 10.8. The van der Waals surface area contributed by atoms with Crippen LogP contribution >= 0.6 is 0 Å². The zero-order valence-corrected chi connectivity index (χ0v) is 18.8. The van der Waals surface area contributed by atoms with E-state index in [9.17, 15) is 19.5 Å². The molecule has 9 nitrogen and oxygen atoms in total. The highest BCUT2D eigenvalue weighted by molar-refractivity contribution is 5.98. The molecule has 33 heavy (non-hydrogen) atoms. The molecule has 174 valence electrons. The molecule has 3 rings (SSSR count). The van der Waals surface area contributed by atoms with Gasteiger partial charge in [0.15, 0.2) is 5.69 Å². The Bertz CT molecular complexity index is 1190. The number of aromatic amines is 1. The molecule has 0 aliphatic rings. The summed E-state index contributed by atoms with van der Waals surface area (Å²) < 4.78 is 1.24. The summed E-state index contributed by atoms with van der Waals surface area (Å²) in [4.78, 5) is 43.8. The van der Waals surface area contributed by atoms with Gasteiger partial charge in [0.05, 0.1) is 19.2 Å². The molecular weight excluding hydrogens is 422 g/mol. The Morgan fingerprint density at radius 2 is 1.70 bits per heavy atom. The molecule has 1 heterocycles. The second-order valence-corrected chi connectivity index (χ2v) is 7.77. The Balaban J connectivity index is 1.96. The van der Waals surface area contributed by atoms with Crippen molar-refractivity contribution in [3.63, 3.8) is 0 Å². The van der Waals surface area contributed by atoms with Gasteiger partial charge in [-0.25, -0.2) is 4.79 Å². The van der Waals surface area contributed by atoms with Gasteiger partial charge in [-0.1, -0.05) is 48.5 Å². The molecule has 0 aliphatic carbocycles. The zero-order chi connectivity index (χ0) is 24.0. The number of benzene rings is 2. The SMILES string of the molecule is CCN(C(=O)CN(CC(C)O)c1ccccc1)c1c(N)n(Cc2ccccc2)c(=O)[nH]c1=O. The monoisotopic (exact) mass is 451 g/mol. The van der Waals surface area contributed by atoms with Crippen LogP contribution in [-0.2, 0) is 11.3 Å². The standard InChI is InChI=1S/C24H29N5O4/c1-3-28(20(31)16-27(14-17(2)30)19-12-8-5-9-13-19)21-22(25)29(24(33)26-23(21)32)15-18-10-6-4-7-11-18/h4-13,17,30H,3,14-16,25H2,1-2H3,(H,26,32,33). The van der Waals surface area contributed by atoms with Crippen molar-refractivity contribution in [2.75, 3.05) is 35.2 Å². The third kappa shape index (κ3) is 5.69. The van der Waals surface area contributed by atoms with Crippen LogP contribution in [0, 0.1) is 0 Å². The average Bonchev–Trinajstić information content (AvgIpc) is 2.79. The van der Waals surface area contributed by atoms with Crippen LogP contribution in [0.3, 0.4) is 0 Å². The number of aromatic nitrogens is 2. The Hall–Kier alpha value is -3.85. The highest BCUT2D eigenvalue weighted by Gasteiger charge is 2.25. The Morgan fingerprint density at radius 3 is 2.27 bits per heavy atom. The van der Waals surface area contributed by atoms with Gasteiger partial charge >= 0.3 is 5.69 Å². The van der Waals surface area contributed by atoms with Crippen molar-refractivity contribution in [2.24, 2.45) is 0 Å². The number of hydrogen-bond donors (Lipinski definition) is 3. The van der Waals surface area contributed by atoms with Crippen molar-refractivity contribution in [2.45, 2.75) is 26.5 Å². The molecule has 9 heteroatoms. The first-order chi connectivity index (χ1) is 15.8. The number of rotatable bonds is 9. The van der Waals surface area contributed by atoms with E-state index in [1.807, 2.05) is 60.7 Å². The minimum atomic E-state index is -0.723. The number of para-hydroxylation sites is 1. The fourth-order valence-electron chi connectivity index (χ4n) is 3.69. The molecule has 0 radical (unpaired) electrons. The van der Waals surface area contributed by atoms with E-state index in [2.05, 4.69) is 4.98 Å². The van der Waals surface area contributed by atoms with Crippen molar-refractivity contribution in [1.82, 2.24) is 9.55 Å². The van der Waals surface area contributed by atoms with Gasteiger partial charge in [-0.05, 0) is 31.5 Å². The number of likely N-dealkylation sites (N-methyl/N-ethyl adjacent to an activating group) is 1.